The van der Waals surface area contributed by atoms with Crippen LogP contribution in [0.3, 0.4) is 0 Å². The molecule has 2 aromatic carbocycles. The summed E-state index contributed by atoms with van der Waals surface area (Å²) < 4.78 is 1.84. The van der Waals surface area contributed by atoms with Gasteiger partial charge in [0.15, 0.2) is 0 Å². The molecule has 3 aromatic rings. The number of benzene rings is 2. The highest BCUT2D eigenvalue weighted by atomic mass is 127. The summed E-state index contributed by atoms with van der Waals surface area (Å²) in [6.45, 7) is 0. The fourth-order valence-corrected chi connectivity index (χ4v) is 3.93. The van der Waals surface area contributed by atoms with E-state index in [1.807, 2.05) is 24.3 Å². The zero-order chi connectivity index (χ0) is 13.6. The molecule has 0 spiro atoms. The summed E-state index contributed by atoms with van der Waals surface area (Å²) in [5.74, 6) is 0.855. The van der Waals surface area contributed by atoms with Crippen LogP contribution in [-0.4, -0.2) is 15.1 Å². The van der Waals surface area contributed by atoms with Gasteiger partial charge in [0.2, 0.25) is 0 Å². The highest BCUT2D eigenvalue weighted by molar-refractivity contribution is 14.1. The van der Waals surface area contributed by atoms with E-state index in [1.54, 1.807) is 6.07 Å². The zero-order valence-corrected chi connectivity index (χ0v) is 14.5. The number of phenolic OH excluding ortho intramolecular Hbond substituents is 1. The number of para-hydroxylation sites is 1. The Balaban J connectivity index is 2.28. The molecule has 0 radical (unpaired) electrons. The summed E-state index contributed by atoms with van der Waals surface area (Å²) in [5.41, 5.74) is 2.26. The summed E-state index contributed by atoms with van der Waals surface area (Å²) in [6, 6.07) is 9.38. The molecule has 0 amide bonds. The Morgan fingerprint density at radius 3 is 2.74 bits per heavy atom. The number of hydrogen-bond donors (Lipinski definition) is 2. The first kappa shape index (κ1) is 13.4. The number of aromatic hydroxyl groups is 1. The van der Waals surface area contributed by atoms with Crippen molar-refractivity contribution in [3.63, 3.8) is 0 Å². The smallest absolute Gasteiger partial charge is 0.142 e. The van der Waals surface area contributed by atoms with E-state index >= 15 is 0 Å². The third-order valence-electron chi connectivity index (χ3n) is 2.75. The van der Waals surface area contributed by atoms with Crippen molar-refractivity contribution in [2.45, 2.75) is 0 Å². The number of halogens is 3. The number of nitrogens with one attached hydrogen (secondary N) is 1. The number of rotatable bonds is 1. The molecule has 0 unspecified atom stereocenters. The molecule has 96 valence electrons. The van der Waals surface area contributed by atoms with Crippen LogP contribution in [0, 0.1) is 7.14 Å². The maximum absolute atomic E-state index is 10.2. The number of phenols is 1. The lowest BCUT2D eigenvalue weighted by atomic mass is 10.2. The minimum absolute atomic E-state index is 0.233. The molecule has 0 fully saturated rings. The highest BCUT2D eigenvalue weighted by Crippen LogP contribution is 2.35. The molecule has 0 atom stereocenters. The Bertz CT molecular complexity index is 786. The number of aromatic nitrogens is 2. The molecular formula is C13H7ClI2N2O. The van der Waals surface area contributed by atoms with Gasteiger partial charge in [-0.2, -0.15) is 0 Å². The lowest BCUT2D eigenvalue weighted by Crippen LogP contribution is -1.86. The fourth-order valence-electron chi connectivity index (χ4n) is 1.87. The first-order chi connectivity index (χ1) is 9.06. The van der Waals surface area contributed by atoms with Crippen LogP contribution >= 0.6 is 56.8 Å². The topological polar surface area (TPSA) is 48.9 Å². The van der Waals surface area contributed by atoms with Gasteiger partial charge < -0.3 is 10.1 Å². The van der Waals surface area contributed by atoms with Crippen LogP contribution < -0.4 is 0 Å². The van der Waals surface area contributed by atoms with E-state index in [4.69, 9.17) is 11.6 Å². The van der Waals surface area contributed by atoms with Gasteiger partial charge in [-0.3, -0.25) is 0 Å². The predicted molar refractivity (Wildman–Crippen MR) is 93.6 cm³/mol. The average molecular weight is 496 g/mol. The summed E-state index contributed by atoms with van der Waals surface area (Å²) in [5, 5.41) is 10.8. The van der Waals surface area contributed by atoms with Crippen LogP contribution in [0.15, 0.2) is 30.3 Å². The van der Waals surface area contributed by atoms with Gasteiger partial charge in [0.1, 0.15) is 17.1 Å². The van der Waals surface area contributed by atoms with Gasteiger partial charge in [-0.05, 0) is 69.4 Å². The lowest BCUT2D eigenvalue weighted by molar-refractivity contribution is 0.473. The summed E-state index contributed by atoms with van der Waals surface area (Å²) >= 11 is 10.4. The molecule has 1 aromatic heterocycles. The summed E-state index contributed by atoms with van der Waals surface area (Å²) in [6.07, 6.45) is 0. The normalized spacial score (nSPS) is 11.1. The predicted octanol–water partition coefficient (Wildman–Crippen LogP) is 4.80. The van der Waals surface area contributed by atoms with Crippen LogP contribution in [0.4, 0.5) is 0 Å². The van der Waals surface area contributed by atoms with Crippen LogP contribution in [0.1, 0.15) is 0 Å². The summed E-state index contributed by atoms with van der Waals surface area (Å²) in [4.78, 5) is 7.66. The number of aromatic amines is 1. The Kier molecular flexibility index (Phi) is 3.61. The van der Waals surface area contributed by atoms with E-state index in [2.05, 4.69) is 55.1 Å². The molecule has 3 nitrogen and oxygen atoms in total. The second kappa shape index (κ2) is 5.10. The Morgan fingerprint density at radius 1 is 1.21 bits per heavy atom. The van der Waals surface area contributed by atoms with E-state index in [9.17, 15) is 5.11 Å². The van der Waals surface area contributed by atoms with Crippen molar-refractivity contribution < 1.29 is 5.11 Å². The van der Waals surface area contributed by atoms with Crippen molar-refractivity contribution in [3.05, 3.63) is 42.5 Å². The second-order valence-corrected chi connectivity index (χ2v) is 6.82. The molecule has 1 heterocycles. The molecule has 2 N–H and O–H groups in total. The van der Waals surface area contributed by atoms with Crippen LogP contribution in [0.2, 0.25) is 5.02 Å². The largest absolute Gasteiger partial charge is 0.506 e. The molecule has 0 aliphatic rings. The molecule has 0 aliphatic heterocycles. The zero-order valence-electron chi connectivity index (χ0n) is 9.42. The molecule has 0 bridgehead atoms. The van der Waals surface area contributed by atoms with Crippen molar-refractivity contribution in [1.29, 1.82) is 0 Å². The van der Waals surface area contributed by atoms with Crippen molar-refractivity contribution >= 4 is 67.8 Å². The van der Waals surface area contributed by atoms with Gasteiger partial charge in [0.05, 0.1) is 19.7 Å². The summed E-state index contributed by atoms with van der Waals surface area (Å²) in [7, 11) is 0. The third-order valence-corrected chi connectivity index (χ3v) is 4.50. The second-order valence-electron chi connectivity index (χ2n) is 4.01. The van der Waals surface area contributed by atoms with E-state index in [1.165, 1.54) is 0 Å². The number of fused-ring (bicyclic) bond motifs is 1. The average Bonchev–Trinajstić information content (AvgIpc) is 2.79. The monoisotopic (exact) mass is 496 g/mol. The number of H-pyrrole nitrogens is 1. The van der Waals surface area contributed by atoms with Gasteiger partial charge >= 0.3 is 0 Å². The third kappa shape index (κ3) is 2.43. The maximum atomic E-state index is 10.2. The molecular weight excluding hydrogens is 489 g/mol. The van der Waals surface area contributed by atoms with Crippen molar-refractivity contribution in [2.24, 2.45) is 0 Å². The Labute approximate surface area is 141 Å². The molecule has 0 aliphatic carbocycles. The van der Waals surface area contributed by atoms with E-state index < -0.39 is 0 Å². The first-order valence-electron chi connectivity index (χ1n) is 5.39. The number of imidazole rings is 1. The van der Waals surface area contributed by atoms with E-state index in [0.29, 0.717) is 21.9 Å². The molecule has 19 heavy (non-hydrogen) atoms. The Morgan fingerprint density at radius 2 is 2.00 bits per heavy atom. The van der Waals surface area contributed by atoms with Crippen LogP contribution in [0.25, 0.3) is 22.4 Å². The lowest BCUT2D eigenvalue weighted by Gasteiger charge is -2.04. The van der Waals surface area contributed by atoms with Crippen LogP contribution in [-0.2, 0) is 0 Å². The SMILES string of the molecule is Oc1c(I)cc(I)cc1-c1nc2c(Cl)cccc2[nH]1. The van der Waals surface area contributed by atoms with Gasteiger partial charge in [-0.15, -0.1) is 0 Å². The fraction of sp³-hybridized carbons (Fsp3) is 0. The standard InChI is InChI=1S/C13H7ClI2N2O/c14-8-2-1-3-10-11(8)18-13(17-10)7-4-6(15)5-9(16)12(7)19/h1-5,19H,(H,17,18). The molecule has 3 rings (SSSR count). The first-order valence-corrected chi connectivity index (χ1v) is 7.92. The van der Waals surface area contributed by atoms with Crippen molar-refractivity contribution in [2.75, 3.05) is 0 Å². The minimum atomic E-state index is 0.233. The van der Waals surface area contributed by atoms with Crippen molar-refractivity contribution in [3.8, 4) is 17.1 Å². The molecule has 0 saturated carbocycles. The van der Waals surface area contributed by atoms with Crippen LogP contribution in [0.5, 0.6) is 5.75 Å². The number of hydrogen-bond acceptors (Lipinski definition) is 2. The van der Waals surface area contributed by atoms with Gasteiger partial charge in [0, 0.05) is 3.57 Å². The maximum Gasteiger partial charge on any atom is 0.142 e. The molecule has 0 saturated heterocycles. The Hall–Kier alpha value is -0.540. The van der Waals surface area contributed by atoms with Crippen molar-refractivity contribution in [1.82, 2.24) is 9.97 Å². The van der Waals surface area contributed by atoms with Gasteiger partial charge in [0.25, 0.3) is 0 Å². The number of nitrogens with zero attached hydrogens (tertiary/aromatic N) is 1. The van der Waals surface area contributed by atoms with Gasteiger partial charge in [-0.25, -0.2) is 4.98 Å². The van der Waals surface area contributed by atoms with Gasteiger partial charge in [-0.1, -0.05) is 17.7 Å². The quantitative estimate of drug-likeness (QED) is 0.476. The minimum Gasteiger partial charge on any atom is -0.506 e. The molecule has 6 heteroatoms. The highest BCUT2D eigenvalue weighted by Gasteiger charge is 2.14. The van der Waals surface area contributed by atoms with E-state index in [0.717, 1.165) is 12.7 Å². The van der Waals surface area contributed by atoms with E-state index in [-0.39, 0.29) is 5.75 Å².